The number of carboxylic acid groups (broad SMARTS) is 1. The largest absolute Gasteiger partial charge is 0.481 e. The molecule has 0 aliphatic heterocycles. The van der Waals surface area contributed by atoms with E-state index < -0.39 is 29.7 Å². The molecule has 4 rings (SSSR count). The molecule has 0 aliphatic carbocycles. The minimum absolute atomic E-state index is 0.0129. The number of H-pyrrole nitrogens is 1. The number of pyridine rings is 1. The number of benzene rings is 1. The van der Waals surface area contributed by atoms with E-state index in [2.05, 4.69) is 15.2 Å². The van der Waals surface area contributed by atoms with Gasteiger partial charge in [-0.15, -0.1) is 0 Å². The Balaban J connectivity index is 2.16. The van der Waals surface area contributed by atoms with Crippen LogP contribution in [0.1, 0.15) is 37.4 Å². The second-order valence-electron chi connectivity index (χ2n) is 7.17. The Hall–Kier alpha value is -3.36. The molecule has 1 aromatic carbocycles. The van der Waals surface area contributed by atoms with Crippen molar-refractivity contribution in [3.8, 4) is 5.69 Å². The normalized spacial score (nSPS) is 12.3. The molecule has 0 spiro atoms. The lowest BCUT2D eigenvalue weighted by Crippen LogP contribution is -2.21. The van der Waals surface area contributed by atoms with E-state index in [1.807, 2.05) is 0 Å². The first kappa shape index (κ1) is 19.0. The summed E-state index contributed by atoms with van der Waals surface area (Å²) in [6.45, 7) is 3.48. The molecule has 3 heterocycles. The third-order valence-corrected chi connectivity index (χ3v) is 4.75. The third kappa shape index (κ3) is 3.12. The van der Waals surface area contributed by atoms with Crippen LogP contribution in [0.3, 0.4) is 0 Å². The fourth-order valence-electron chi connectivity index (χ4n) is 3.64. The van der Waals surface area contributed by atoms with Gasteiger partial charge in [0.2, 0.25) is 0 Å². The Morgan fingerprint density at radius 3 is 2.59 bits per heavy atom. The second kappa shape index (κ2) is 6.61. The first-order chi connectivity index (χ1) is 13.7. The van der Waals surface area contributed by atoms with Crippen LogP contribution in [0.2, 0.25) is 0 Å². The monoisotopic (exact) mass is 402 g/mol. The van der Waals surface area contributed by atoms with Gasteiger partial charge in [0.05, 0.1) is 17.3 Å². The van der Waals surface area contributed by atoms with Crippen LogP contribution in [0.4, 0.5) is 13.2 Å². The maximum Gasteiger partial charge on any atom is 0.309 e. The first-order valence-electron chi connectivity index (χ1n) is 8.93. The number of nitrogens with zero attached hydrogens (tertiary/aromatic N) is 3. The van der Waals surface area contributed by atoms with Gasteiger partial charge in [-0.25, -0.2) is 18.2 Å². The summed E-state index contributed by atoms with van der Waals surface area (Å²) >= 11 is 0. The molecule has 9 heteroatoms. The number of hydrogen-bond acceptors (Lipinski definition) is 3. The number of aromatic nitrogens is 4. The standard InChI is InChI=1S/C20H17F3N4O2/c1-10(2)18-16(20(22,23)8-15(28)29)17-14(7-11-9-24-26-19(11)25-17)27(18)13-5-3-12(21)4-6-13/h3-7,9-10H,8H2,1-2H3,(H,28,29)(H,24,25,26). The van der Waals surface area contributed by atoms with Crippen LogP contribution < -0.4 is 0 Å². The SMILES string of the molecule is CC(C)c1c(C(F)(F)CC(=O)O)c2nc3[nH]ncc3cc2n1-c1ccc(F)cc1. The van der Waals surface area contributed by atoms with E-state index in [1.54, 1.807) is 24.5 Å². The molecular formula is C20H17F3N4O2. The average molecular weight is 402 g/mol. The highest BCUT2D eigenvalue weighted by molar-refractivity contribution is 5.94. The minimum Gasteiger partial charge on any atom is -0.481 e. The van der Waals surface area contributed by atoms with Gasteiger partial charge < -0.3 is 9.67 Å². The summed E-state index contributed by atoms with van der Waals surface area (Å²) in [5.41, 5.74) is 0.936. The highest BCUT2D eigenvalue weighted by atomic mass is 19.3. The summed E-state index contributed by atoms with van der Waals surface area (Å²) in [4.78, 5) is 15.5. The van der Waals surface area contributed by atoms with Crippen molar-refractivity contribution >= 4 is 28.0 Å². The molecule has 0 fully saturated rings. The van der Waals surface area contributed by atoms with Gasteiger partial charge >= 0.3 is 5.97 Å². The van der Waals surface area contributed by atoms with Gasteiger partial charge in [0, 0.05) is 16.8 Å². The van der Waals surface area contributed by atoms with Crippen molar-refractivity contribution in [3.05, 3.63) is 53.6 Å². The van der Waals surface area contributed by atoms with E-state index in [1.165, 1.54) is 30.5 Å². The zero-order valence-electron chi connectivity index (χ0n) is 15.6. The molecule has 0 saturated heterocycles. The lowest BCUT2D eigenvalue weighted by atomic mass is 9.98. The molecule has 0 radical (unpaired) electrons. The molecule has 3 aromatic heterocycles. The molecule has 6 nitrogen and oxygen atoms in total. The molecule has 4 aromatic rings. The molecule has 150 valence electrons. The van der Waals surface area contributed by atoms with Gasteiger partial charge in [-0.05, 0) is 36.2 Å². The number of hydrogen-bond donors (Lipinski definition) is 2. The van der Waals surface area contributed by atoms with Crippen molar-refractivity contribution in [1.29, 1.82) is 0 Å². The van der Waals surface area contributed by atoms with Gasteiger partial charge in [-0.3, -0.25) is 9.89 Å². The van der Waals surface area contributed by atoms with Crippen LogP contribution in [0.5, 0.6) is 0 Å². The van der Waals surface area contributed by atoms with Gasteiger partial charge in [-0.1, -0.05) is 13.8 Å². The summed E-state index contributed by atoms with van der Waals surface area (Å²) in [5, 5.41) is 16.2. The van der Waals surface area contributed by atoms with Gasteiger partial charge in [-0.2, -0.15) is 5.10 Å². The highest BCUT2D eigenvalue weighted by Crippen LogP contribution is 2.44. The number of nitrogens with one attached hydrogen (secondary N) is 1. The third-order valence-electron chi connectivity index (χ3n) is 4.75. The van der Waals surface area contributed by atoms with Crippen LogP contribution in [-0.4, -0.2) is 30.8 Å². The number of aliphatic carboxylic acids is 1. The number of carboxylic acids is 1. The fourth-order valence-corrected chi connectivity index (χ4v) is 3.64. The highest BCUT2D eigenvalue weighted by Gasteiger charge is 2.42. The number of carbonyl (C=O) groups is 1. The second-order valence-corrected chi connectivity index (χ2v) is 7.17. The summed E-state index contributed by atoms with van der Waals surface area (Å²) in [6.07, 6.45) is 0.159. The van der Waals surface area contributed by atoms with Crippen LogP contribution in [0.15, 0.2) is 36.5 Å². The molecule has 0 amide bonds. The van der Waals surface area contributed by atoms with E-state index in [4.69, 9.17) is 5.11 Å². The van der Waals surface area contributed by atoms with Crippen LogP contribution in [-0.2, 0) is 10.7 Å². The number of aromatic amines is 1. The van der Waals surface area contributed by atoms with Crippen LogP contribution >= 0.6 is 0 Å². The van der Waals surface area contributed by atoms with Crippen molar-refractivity contribution in [2.75, 3.05) is 0 Å². The molecule has 2 N–H and O–H groups in total. The number of alkyl halides is 2. The Morgan fingerprint density at radius 1 is 1.28 bits per heavy atom. The van der Waals surface area contributed by atoms with E-state index in [9.17, 15) is 9.18 Å². The quantitative estimate of drug-likeness (QED) is 0.505. The van der Waals surface area contributed by atoms with Crippen LogP contribution in [0, 0.1) is 5.82 Å². The summed E-state index contributed by atoms with van der Waals surface area (Å²) in [7, 11) is 0. The maximum absolute atomic E-state index is 15.2. The fraction of sp³-hybridized carbons (Fsp3) is 0.250. The number of fused-ring (bicyclic) bond motifs is 2. The van der Waals surface area contributed by atoms with Crippen molar-refractivity contribution in [3.63, 3.8) is 0 Å². The van der Waals surface area contributed by atoms with Crippen molar-refractivity contribution in [2.45, 2.75) is 32.1 Å². The van der Waals surface area contributed by atoms with Gasteiger partial charge in [0.1, 0.15) is 17.8 Å². The Bertz CT molecular complexity index is 1230. The summed E-state index contributed by atoms with van der Waals surface area (Å²) in [6, 6.07) is 7.11. The van der Waals surface area contributed by atoms with Gasteiger partial charge in [0.15, 0.2) is 5.65 Å². The lowest BCUT2D eigenvalue weighted by Gasteiger charge is -2.19. The molecule has 0 bridgehead atoms. The zero-order valence-corrected chi connectivity index (χ0v) is 15.6. The Morgan fingerprint density at radius 2 is 1.97 bits per heavy atom. The molecule has 0 atom stereocenters. The molecule has 29 heavy (non-hydrogen) atoms. The van der Waals surface area contributed by atoms with Crippen molar-refractivity contribution in [2.24, 2.45) is 0 Å². The van der Waals surface area contributed by atoms with Crippen molar-refractivity contribution in [1.82, 2.24) is 19.7 Å². The van der Waals surface area contributed by atoms with Gasteiger partial charge in [0.25, 0.3) is 5.92 Å². The number of halogens is 3. The first-order valence-corrected chi connectivity index (χ1v) is 8.93. The van der Waals surface area contributed by atoms with Crippen LogP contribution in [0.25, 0.3) is 27.8 Å². The Kier molecular flexibility index (Phi) is 4.33. The number of rotatable bonds is 5. The van der Waals surface area contributed by atoms with E-state index in [0.717, 1.165) is 0 Å². The smallest absolute Gasteiger partial charge is 0.309 e. The minimum atomic E-state index is -3.66. The summed E-state index contributed by atoms with van der Waals surface area (Å²) in [5.74, 6) is -6.12. The Labute approximate surface area is 163 Å². The average Bonchev–Trinajstić information content (AvgIpc) is 3.21. The summed E-state index contributed by atoms with van der Waals surface area (Å²) < 4.78 is 45.4. The predicted octanol–water partition coefficient (Wildman–Crippen LogP) is 4.73. The van der Waals surface area contributed by atoms with E-state index in [-0.39, 0.29) is 17.1 Å². The molecule has 0 unspecified atom stereocenters. The molecular weight excluding hydrogens is 385 g/mol. The topological polar surface area (TPSA) is 83.8 Å². The van der Waals surface area contributed by atoms with E-state index >= 15 is 8.78 Å². The lowest BCUT2D eigenvalue weighted by molar-refractivity contribution is -0.145. The maximum atomic E-state index is 15.2. The van der Waals surface area contributed by atoms with E-state index in [0.29, 0.717) is 22.2 Å². The van der Waals surface area contributed by atoms with Crippen molar-refractivity contribution < 1.29 is 23.1 Å². The predicted molar refractivity (Wildman–Crippen MR) is 101 cm³/mol. The zero-order chi connectivity index (χ0) is 20.9. The molecule has 0 saturated carbocycles. The molecule has 0 aliphatic rings.